The number of carbonyl (C=O) groups excluding carboxylic acids is 1. The van der Waals surface area contributed by atoms with Gasteiger partial charge in [0.1, 0.15) is 6.17 Å². The Bertz CT molecular complexity index is 1480. The van der Waals surface area contributed by atoms with E-state index in [-0.39, 0.29) is 12.1 Å². The zero-order valence-corrected chi connectivity index (χ0v) is 20.4. The highest BCUT2D eigenvalue weighted by Crippen LogP contribution is 2.32. The summed E-state index contributed by atoms with van der Waals surface area (Å²) in [5.74, 6) is -0.282. The van der Waals surface area contributed by atoms with Crippen molar-refractivity contribution in [2.45, 2.75) is 32.4 Å². The van der Waals surface area contributed by atoms with Gasteiger partial charge in [-0.15, -0.1) is 0 Å². The van der Waals surface area contributed by atoms with E-state index in [0.717, 1.165) is 28.1 Å². The van der Waals surface area contributed by atoms with E-state index in [4.69, 9.17) is 0 Å². The summed E-state index contributed by atoms with van der Waals surface area (Å²) in [5.41, 5.74) is 5.78. The van der Waals surface area contributed by atoms with Crippen LogP contribution in [0.3, 0.4) is 0 Å². The van der Waals surface area contributed by atoms with Crippen molar-refractivity contribution in [3.63, 3.8) is 0 Å². The van der Waals surface area contributed by atoms with Crippen LogP contribution < -0.4 is 10.6 Å². The predicted octanol–water partition coefficient (Wildman–Crippen LogP) is 5.12. The highest BCUT2D eigenvalue weighted by atomic mass is 16.1. The number of nitrogens with zero attached hydrogens (tertiary/aromatic N) is 4. The number of allylic oxidation sites excluding steroid dienone is 2. The first-order valence-corrected chi connectivity index (χ1v) is 11.7. The minimum atomic E-state index is -0.787. The van der Waals surface area contributed by atoms with Crippen molar-refractivity contribution in [2.24, 2.45) is 0 Å². The molecular weight excluding hydrogens is 448 g/mol. The molecule has 7 nitrogen and oxygen atoms in total. The van der Waals surface area contributed by atoms with Gasteiger partial charge >= 0.3 is 0 Å². The smallest absolute Gasteiger partial charge is 0.255 e. The highest BCUT2D eigenvalue weighted by Gasteiger charge is 2.25. The molecule has 2 aliphatic heterocycles. The normalized spacial score (nSPS) is 16.1. The molecule has 5 rings (SSSR count). The third-order valence-corrected chi connectivity index (χ3v) is 6.38. The number of carbonyl (C=O) groups is 1. The minimum absolute atomic E-state index is 0.128. The molecule has 2 N–H and O–H groups in total. The summed E-state index contributed by atoms with van der Waals surface area (Å²) in [5, 5.41) is 15.7. The monoisotopic (exact) mass is 474 g/mol. The van der Waals surface area contributed by atoms with Crippen LogP contribution in [-0.2, 0) is 5.41 Å². The lowest BCUT2D eigenvalue weighted by Gasteiger charge is -2.25. The van der Waals surface area contributed by atoms with Crippen LogP contribution in [0.1, 0.15) is 41.2 Å². The van der Waals surface area contributed by atoms with Crippen LogP contribution in [0.5, 0.6) is 0 Å². The first kappa shape index (κ1) is 23.1. The van der Waals surface area contributed by atoms with Crippen LogP contribution in [0.4, 0.5) is 5.69 Å². The third-order valence-electron chi connectivity index (χ3n) is 6.38. The number of nitriles is 1. The van der Waals surface area contributed by atoms with Crippen molar-refractivity contribution >= 4 is 17.3 Å². The van der Waals surface area contributed by atoms with Gasteiger partial charge in [-0.25, -0.2) is 0 Å². The molecule has 3 aromatic rings. The van der Waals surface area contributed by atoms with Gasteiger partial charge in [0.2, 0.25) is 0 Å². The average Bonchev–Trinajstić information content (AvgIpc) is 3.34. The molecule has 0 aliphatic carbocycles. The van der Waals surface area contributed by atoms with Gasteiger partial charge < -0.3 is 15.5 Å². The average molecular weight is 475 g/mol. The summed E-state index contributed by atoms with van der Waals surface area (Å²) in [6.07, 6.45) is 13.6. The molecule has 178 valence electrons. The number of hydrogen-bond donors (Lipinski definition) is 2. The van der Waals surface area contributed by atoms with Crippen LogP contribution in [0.15, 0.2) is 85.5 Å². The summed E-state index contributed by atoms with van der Waals surface area (Å²) in [7, 11) is 0. The molecule has 4 heterocycles. The van der Waals surface area contributed by atoms with Gasteiger partial charge in [-0.05, 0) is 62.8 Å². The lowest BCUT2D eigenvalue weighted by molar-refractivity contribution is 0.102. The van der Waals surface area contributed by atoms with E-state index in [2.05, 4.69) is 56.0 Å². The Kier molecular flexibility index (Phi) is 5.87. The molecule has 1 atom stereocenters. The van der Waals surface area contributed by atoms with Crippen molar-refractivity contribution in [1.29, 1.82) is 5.26 Å². The van der Waals surface area contributed by atoms with Gasteiger partial charge in [-0.2, -0.15) is 5.26 Å². The fraction of sp³-hybridized carbons (Fsp3) is 0.172. The first-order valence-electron chi connectivity index (χ1n) is 11.7. The summed E-state index contributed by atoms with van der Waals surface area (Å²) in [6.45, 7) is 5.51. The van der Waals surface area contributed by atoms with Crippen LogP contribution in [0.25, 0.3) is 16.8 Å². The first-order chi connectivity index (χ1) is 17.4. The summed E-state index contributed by atoms with van der Waals surface area (Å²) < 4.78 is 0. The fourth-order valence-electron chi connectivity index (χ4n) is 4.25. The van der Waals surface area contributed by atoms with Crippen molar-refractivity contribution < 1.29 is 4.79 Å². The molecular formula is C29H26N6O. The van der Waals surface area contributed by atoms with Gasteiger partial charge in [-0.3, -0.25) is 14.8 Å². The zero-order chi connectivity index (χ0) is 25.3. The van der Waals surface area contributed by atoms with E-state index >= 15 is 0 Å². The molecule has 1 amide bonds. The van der Waals surface area contributed by atoms with Crippen molar-refractivity contribution in [2.75, 3.05) is 5.32 Å². The summed E-state index contributed by atoms with van der Waals surface area (Å²) in [4.78, 5) is 24.0. The zero-order valence-electron chi connectivity index (χ0n) is 20.4. The lowest BCUT2D eigenvalue weighted by Crippen LogP contribution is -2.32. The molecule has 0 radical (unpaired) electrons. The van der Waals surface area contributed by atoms with Crippen LogP contribution in [0, 0.1) is 18.3 Å². The quantitative estimate of drug-likeness (QED) is 0.533. The van der Waals surface area contributed by atoms with E-state index < -0.39 is 5.41 Å². The second-order valence-corrected chi connectivity index (χ2v) is 9.33. The number of pyridine rings is 2. The number of anilines is 1. The Morgan fingerprint density at radius 2 is 1.97 bits per heavy atom. The molecule has 2 aliphatic rings. The van der Waals surface area contributed by atoms with Crippen LogP contribution in [0.2, 0.25) is 0 Å². The molecule has 1 aromatic carbocycles. The number of aryl methyl sites for hydroxylation is 1. The molecule has 0 saturated carbocycles. The van der Waals surface area contributed by atoms with E-state index in [0.29, 0.717) is 16.9 Å². The van der Waals surface area contributed by atoms with Crippen LogP contribution >= 0.6 is 0 Å². The maximum absolute atomic E-state index is 13.0. The molecule has 36 heavy (non-hydrogen) atoms. The SMILES string of the molecule is Cc1ncc(NC(=O)c2ccnc(C(C)(C)C#N)c2)cc1-c1cccc(C2=CNC3C=CC=CN23)c1. The Morgan fingerprint density at radius 3 is 2.81 bits per heavy atom. The number of rotatable bonds is 5. The predicted molar refractivity (Wildman–Crippen MR) is 140 cm³/mol. The number of hydrogen-bond acceptors (Lipinski definition) is 6. The Hall–Kier alpha value is -4.70. The summed E-state index contributed by atoms with van der Waals surface area (Å²) >= 11 is 0. The molecule has 0 bridgehead atoms. The van der Waals surface area contributed by atoms with E-state index in [1.54, 1.807) is 38.4 Å². The molecule has 0 spiro atoms. The number of aromatic nitrogens is 2. The topological polar surface area (TPSA) is 93.9 Å². The van der Waals surface area contributed by atoms with Crippen LogP contribution in [-0.4, -0.2) is 26.9 Å². The standard InChI is InChI=1S/C29H26N6O/c1-19-24(20-7-6-8-21(13-20)25-17-33-27-9-4-5-12-35(25)27)15-23(16-32-19)34-28(36)22-10-11-31-26(14-22)29(2,3)18-30/h4-17,27,33H,1-3H3,(H,34,36). The number of nitrogens with one attached hydrogen (secondary N) is 2. The highest BCUT2D eigenvalue weighted by molar-refractivity contribution is 6.04. The molecule has 0 fully saturated rings. The molecule has 2 aromatic heterocycles. The molecule has 7 heteroatoms. The van der Waals surface area contributed by atoms with Crippen molar-refractivity contribution in [3.05, 3.63) is 108 Å². The Morgan fingerprint density at radius 1 is 1.14 bits per heavy atom. The van der Waals surface area contributed by atoms with E-state index in [9.17, 15) is 10.1 Å². The van der Waals surface area contributed by atoms with Gasteiger partial charge in [-0.1, -0.05) is 24.3 Å². The van der Waals surface area contributed by atoms with Gasteiger partial charge in [0.05, 0.1) is 34.8 Å². The Labute approximate surface area is 210 Å². The van der Waals surface area contributed by atoms with Crippen molar-refractivity contribution in [1.82, 2.24) is 20.2 Å². The lowest BCUT2D eigenvalue weighted by atomic mass is 9.90. The maximum atomic E-state index is 13.0. The minimum Gasteiger partial charge on any atom is -0.366 e. The maximum Gasteiger partial charge on any atom is 0.255 e. The second kappa shape index (κ2) is 9.16. The number of amides is 1. The fourth-order valence-corrected chi connectivity index (χ4v) is 4.25. The number of fused-ring (bicyclic) bond motifs is 1. The molecule has 1 unspecified atom stereocenters. The number of benzene rings is 1. The summed E-state index contributed by atoms with van der Waals surface area (Å²) in [6, 6.07) is 15.8. The second-order valence-electron chi connectivity index (χ2n) is 9.33. The van der Waals surface area contributed by atoms with E-state index in [1.165, 1.54) is 0 Å². The Balaban J connectivity index is 1.41. The van der Waals surface area contributed by atoms with Gasteiger partial charge in [0.15, 0.2) is 0 Å². The van der Waals surface area contributed by atoms with Gasteiger partial charge in [0.25, 0.3) is 5.91 Å². The van der Waals surface area contributed by atoms with E-state index in [1.807, 2.05) is 43.5 Å². The largest absolute Gasteiger partial charge is 0.366 e. The third kappa shape index (κ3) is 4.37. The van der Waals surface area contributed by atoms with Crippen molar-refractivity contribution in [3.8, 4) is 17.2 Å². The van der Waals surface area contributed by atoms with Gasteiger partial charge in [0, 0.05) is 41.0 Å². The molecule has 0 saturated heterocycles.